The Morgan fingerprint density at radius 1 is 0.893 bits per heavy atom. The average Bonchev–Trinajstić information content (AvgIpc) is 2.74. The molecule has 0 aliphatic heterocycles. The third-order valence-corrected chi connectivity index (χ3v) is 5.52. The Bertz CT molecular complexity index is 1210. The van der Waals surface area contributed by atoms with Crippen molar-refractivity contribution in [1.82, 2.24) is 5.43 Å². The molecule has 4 aromatic rings. The molecule has 0 unspecified atom stereocenters. The van der Waals surface area contributed by atoms with Crippen LogP contribution in [0.25, 0.3) is 21.5 Å². The lowest BCUT2D eigenvalue weighted by Crippen LogP contribution is -2.21. The van der Waals surface area contributed by atoms with E-state index in [1.165, 1.54) is 5.39 Å². The summed E-state index contributed by atoms with van der Waals surface area (Å²) < 4.78 is 1.03. The number of benzene rings is 4. The normalized spacial score (nSPS) is 11.7. The summed E-state index contributed by atoms with van der Waals surface area (Å²) in [5.74, 6) is -0.132. The van der Waals surface area contributed by atoms with E-state index in [0.717, 1.165) is 37.5 Å². The minimum absolute atomic E-state index is 0.132. The maximum atomic E-state index is 12.5. The zero-order valence-electron chi connectivity index (χ0n) is 15.4. The first-order valence-corrected chi connectivity index (χ1v) is 9.89. The van der Waals surface area contributed by atoms with Crippen molar-refractivity contribution < 1.29 is 4.79 Å². The van der Waals surface area contributed by atoms with E-state index in [1.807, 2.05) is 61.5 Å². The monoisotopic (exact) mass is 430 g/mol. The van der Waals surface area contributed by atoms with Gasteiger partial charge >= 0.3 is 0 Å². The predicted molar refractivity (Wildman–Crippen MR) is 120 cm³/mol. The summed E-state index contributed by atoms with van der Waals surface area (Å²) in [6, 6.07) is 26.4. The second kappa shape index (κ2) is 7.95. The number of nitrogens with one attached hydrogen (secondary N) is 1. The van der Waals surface area contributed by atoms with Crippen LogP contribution in [0.4, 0.5) is 0 Å². The van der Waals surface area contributed by atoms with Gasteiger partial charge in [-0.3, -0.25) is 4.79 Å². The maximum absolute atomic E-state index is 12.5. The fourth-order valence-corrected chi connectivity index (χ4v) is 3.79. The van der Waals surface area contributed by atoms with Gasteiger partial charge in [0.1, 0.15) is 0 Å². The van der Waals surface area contributed by atoms with Crippen LogP contribution in [0.1, 0.15) is 18.1 Å². The summed E-state index contributed by atoms with van der Waals surface area (Å²) in [5, 5.41) is 8.82. The SMILES string of the molecule is CC(=NNC(=O)Cc1ccc(Br)c2ccccc12)c1ccc2ccccc2c1. The van der Waals surface area contributed by atoms with Crippen molar-refractivity contribution in [3.05, 3.63) is 94.5 Å². The van der Waals surface area contributed by atoms with Gasteiger partial charge in [-0.2, -0.15) is 5.10 Å². The number of carbonyl (C=O) groups excluding carboxylic acids is 1. The minimum Gasteiger partial charge on any atom is -0.273 e. The predicted octanol–water partition coefficient (Wildman–Crippen LogP) is 5.84. The number of halogens is 1. The summed E-state index contributed by atoms with van der Waals surface area (Å²) in [7, 11) is 0. The smallest absolute Gasteiger partial charge is 0.244 e. The molecule has 0 heterocycles. The summed E-state index contributed by atoms with van der Waals surface area (Å²) in [6.45, 7) is 1.90. The number of nitrogens with zero attached hydrogens (tertiary/aromatic N) is 1. The molecule has 0 bridgehead atoms. The Balaban J connectivity index is 1.51. The topological polar surface area (TPSA) is 41.5 Å². The Morgan fingerprint density at radius 3 is 2.43 bits per heavy atom. The van der Waals surface area contributed by atoms with Gasteiger partial charge in [0.25, 0.3) is 0 Å². The van der Waals surface area contributed by atoms with E-state index >= 15 is 0 Å². The molecule has 0 saturated carbocycles. The largest absolute Gasteiger partial charge is 0.273 e. The van der Waals surface area contributed by atoms with Crippen molar-refractivity contribution in [2.45, 2.75) is 13.3 Å². The van der Waals surface area contributed by atoms with Gasteiger partial charge in [0, 0.05) is 4.47 Å². The zero-order valence-corrected chi connectivity index (χ0v) is 17.0. The van der Waals surface area contributed by atoms with Gasteiger partial charge in [-0.25, -0.2) is 5.43 Å². The third-order valence-electron chi connectivity index (χ3n) is 4.83. The average molecular weight is 431 g/mol. The van der Waals surface area contributed by atoms with Crippen molar-refractivity contribution in [3.63, 3.8) is 0 Å². The van der Waals surface area contributed by atoms with E-state index in [4.69, 9.17) is 0 Å². The van der Waals surface area contributed by atoms with Crippen molar-refractivity contribution in [2.75, 3.05) is 0 Å². The highest BCUT2D eigenvalue weighted by molar-refractivity contribution is 9.10. The summed E-state index contributed by atoms with van der Waals surface area (Å²) in [6.07, 6.45) is 0.280. The second-order valence-electron chi connectivity index (χ2n) is 6.72. The van der Waals surface area contributed by atoms with Gasteiger partial charge in [0.05, 0.1) is 12.1 Å². The molecule has 0 radical (unpaired) electrons. The van der Waals surface area contributed by atoms with Crippen molar-refractivity contribution in [2.24, 2.45) is 5.10 Å². The standard InChI is InChI=1S/C24H19BrN2O/c1-16(18-11-10-17-6-2-3-7-19(17)14-18)26-27-24(28)15-20-12-13-23(25)22-9-5-4-8-21(20)22/h2-14H,15H2,1H3,(H,27,28). The molecule has 0 atom stereocenters. The molecule has 0 aromatic heterocycles. The molecule has 28 heavy (non-hydrogen) atoms. The molecular formula is C24H19BrN2O. The molecular weight excluding hydrogens is 412 g/mol. The Hall–Kier alpha value is -2.98. The number of rotatable bonds is 4. The third kappa shape index (κ3) is 3.82. The molecule has 0 spiro atoms. The highest BCUT2D eigenvalue weighted by atomic mass is 79.9. The van der Waals surface area contributed by atoms with Crippen LogP contribution in [-0.4, -0.2) is 11.6 Å². The Morgan fingerprint density at radius 2 is 1.61 bits per heavy atom. The first-order chi connectivity index (χ1) is 13.6. The molecule has 0 saturated heterocycles. The van der Waals surface area contributed by atoms with E-state index in [9.17, 15) is 4.79 Å². The second-order valence-corrected chi connectivity index (χ2v) is 7.58. The van der Waals surface area contributed by atoms with Gasteiger partial charge in [-0.05, 0) is 51.7 Å². The molecule has 4 aromatic carbocycles. The number of hydrazone groups is 1. The van der Waals surface area contributed by atoms with Gasteiger partial charge < -0.3 is 0 Å². The van der Waals surface area contributed by atoms with Crippen LogP contribution in [-0.2, 0) is 11.2 Å². The maximum Gasteiger partial charge on any atom is 0.244 e. The van der Waals surface area contributed by atoms with Gasteiger partial charge in [0.2, 0.25) is 5.91 Å². The fraction of sp³-hybridized carbons (Fsp3) is 0.0833. The highest BCUT2D eigenvalue weighted by Gasteiger charge is 2.09. The molecule has 138 valence electrons. The lowest BCUT2D eigenvalue weighted by molar-refractivity contribution is -0.120. The molecule has 1 N–H and O–H groups in total. The molecule has 1 amide bonds. The van der Waals surface area contributed by atoms with Crippen LogP contribution in [0.15, 0.2) is 88.4 Å². The van der Waals surface area contributed by atoms with Crippen molar-refractivity contribution in [1.29, 1.82) is 0 Å². The van der Waals surface area contributed by atoms with Gasteiger partial charge in [0.15, 0.2) is 0 Å². The van der Waals surface area contributed by atoms with Crippen LogP contribution in [0, 0.1) is 0 Å². The summed E-state index contributed by atoms with van der Waals surface area (Å²) >= 11 is 3.57. The van der Waals surface area contributed by atoms with Gasteiger partial charge in [-0.1, -0.05) is 82.7 Å². The van der Waals surface area contributed by atoms with Crippen LogP contribution in [0.5, 0.6) is 0 Å². The first-order valence-electron chi connectivity index (χ1n) is 9.10. The van der Waals surface area contributed by atoms with Crippen LogP contribution in [0.3, 0.4) is 0 Å². The van der Waals surface area contributed by atoms with E-state index in [2.05, 4.69) is 50.7 Å². The zero-order chi connectivity index (χ0) is 19.5. The van der Waals surface area contributed by atoms with Crippen molar-refractivity contribution >= 4 is 49.1 Å². The molecule has 4 heteroatoms. The Labute approximate surface area is 172 Å². The van der Waals surface area contributed by atoms with Crippen LogP contribution in [0.2, 0.25) is 0 Å². The molecule has 3 nitrogen and oxygen atoms in total. The molecule has 4 rings (SSSR count). The summed E-state index contributed by atoms with van der Waals surface area (Å²) in [5.41, 5.74) is 5.45. The minimum atomic E-state index is -0.132. The number of fused-ring (bicyclic) bond motifs is 2. The van der Waals surface area contributed by atoms with E-state index < -0.39 is 0 Å². The number of carbonyl (C=O) groups is 1. The lowest BCUT2D eigenvalue weighted by Gasteiger charge is -2.08. The van der Waals surface area contributed by atoms with Crippen LogP contribution < -0.4 is 5.43 Å². The van der Waals surface area contributed by atoms with E-state index in [-0.39, 0.29) is 12.3 Å². The first kappa shape index (κ1) is 18.4. The highest BCUT2D eigenvalue weighted by Crippen LogP contribution is 2.27. The lowest BCUT2D eigenvalue weighted by atomic mass is 10.0. The van der Waals surface area contributed by atoms with E-state index in [1.54, 1.807) is 0 Å². The van der Waals surface area contributed by atoms with E-state index in [0.29, 0.717) is 0 Å². The number of hydrogen-bond acceptors (Lipinski definition) is 2. The molecule has 0 aliphatic carbocycles. The van der Waals surface area contributed by atoms with Crippen LogP contribution >= 0.6 is 15.9 Å². The molecule has 0 fully saturated rings. The summed E-state index contributed by atoms with van der Waals surface area (Å²) in [4.78, 5) is 12.5. The van der Waals surface area contributed by atoms with Crippen molar-refractivity contribution in [3.8, 4) is 0 Å². The quantitative estimate of drug-likeness (QED) is 0.320. The fourth-order valence-electron chi connectivity index (χ4n) is 3.32. The number of hydrogen-bond donors (Lipinski definition) is 1. The Kier molecular flexibility index (Phi) is 5.22. The van der Waals surface area contributed by atoms with Gasteiger partial charge in [-0.15, -0.1) is 0 Å². The number of amides is 1. The molecule has 0 aliphatic rings.